The first-order chi connectivity index (χ1) is 9.86. The van der Waals surface area contributed by atoms with Crippen LogP contribution in [0.1, 0.15) is 29.7 Å². The van der Waals surface area contributed by atoms with E-state index in [9.17, 15) is 17.6 Å². The maximum atomic E-state index is 13.4. The summed E-state index contributed by atoms with van der Waals surface area (Å²) >= 11 is 0. The first-order valence-corrected chi connectivity index (χ1v) is 6.22. The highest BCUT2D eigenvalue weighted by molar-refractivity contribution is 5.38. The molecular formula is C13H14F4N4. The quantitative estimate of drug-likeness (QED) is 0.518. The third kappa shape index (κ3) is 3.22. The fraction of sp³-hybridized carbons (Fsp3) is 0.308. The highest BCUT2D eigenvalue weighted by Gasteiger charge is 2.36. The Morgan fingerprint density at radius 3 is 2.62 bits per heavy atom. The number of rotatable bonds is 4. The van der Waals surface area contributed by atoms with Crippen LogP contribution >= 0.6 is 0 Å². The second-order valence-corrected chi connectivity index (χ2v) is 4.46. The molecule has 2 rings (SSSR count). The lowest BCUT2D eigenvalue weighted by Gasteiger charge is -2.20. The number of nitrogens with zero attached hydrogens (tertiary/aromatic N) is 2. The molecule has 1 aromatic heterocycles. The van der Waals surface area contributed by atoms with Gasteiger partial charge >= 0.3 is 6.18 Å². The molecular weight excluding hydrogens is 288 g/mol. The number of nitrogens with two attached hydrogens (primary N) is 1. The van der Waals surface area contributed by atoms with Crippen molar-refractivity contribution in [3.05, 3.63) is 53.1 Å². The molecule has 2 aromatic rings. The number of alkyl halides is 3. The van der Waals surface area contributed by atoms with Gasteiger partial charge in [0.15, 0.2) is 0 Å². The summed E-state index contributed by atoms with van der Waals surface area (Å²) in [6, 6.07) is 1.31. The minimum atomic E-state index is -4.60. The largest absolute Gasteiger partial charge is 0.416 e. The monoisotopic (exact) mass is 302 g/mol. The number of hydrogen-bond acceptors (Lipinski definition) is 3. The third-order valence-electron chi connectivity index (χ3n) is 3.11. The zero-order valence-corrected chi connectivity index (χ0v) is 11.2. The van der Waals surface area contributed by atoms with Crippen molar-refractivity contribution in [2.24, 2.45) is 5.84 Å². The molecule has 0 aliphatic heterocycles. The smallest absolute Gasteiger partial charge is 0.273 e. The molecule has 0 amide bonds. The topological polar surface area (TPSA) is 55.9 Å². The molecule has 1 heterocycles. The molecule has 0 bridgehead atoms. The van der Waals surface area contributed by atoms with Crippen molar-refractivity contribution in [3.8, 4) is 0 Å². The lowest BCUT2D eigenvalue weighted by atomic mass is 9.96. The summed E-state index contributed by atoms with van der Waals surface area (Å²) in [5.41, 5.74) is 1.51. The standard InChI is InChI=1S/C13H14F4N4/c1-2-21-7-8(6-19-21)12(20-18)10-5-9(14)3-4-11(10)13(15,16)17/h3-7,12,20H,2,18H2,1H3. The van der Waals surface area contributed by atoms with Gasteiger partial charge in [-0.15, -0.1) is 0 Å². The van der Waals surface area contributed by atoms with Crippen LogP contribution in [0.15, 0.2) is 30.6 Å². The van der Waals surface area contributed by atoms with Crippen LogP contribution in [0.5, 0.6) is 0 Å². The van der Waals surface area contributed by atoms with Gasteiger partial charge in [-0.3, -0.25) is 10.5 Å². The second kappa shape index (κ2) is 5.82. The average molecular weight is 302 g/mol. The molecule has 114 valence electrons. The molecule has 1 unspecified atom stereocenters. The number of hydrogen-bond donors (Lipinski definition) is 2. The van der Waals surface area contributed by atoms with E-state index in [0.717, 1.165) is 12.1 Å². The molecule has 0 radical (unpaired) electrons. The van der Waals surface area contributed by atoms with E-state index in [1.54, 1.807) is 10.9 Å². The number of aromatic nitrogens is 2. The van der Waals surface area contributed by atoms with Crippen molar-refractivity contribution in [3.63, 3.8) is 0 Å². The summed E-state index contributed by atoms with van der Waals surface area (Å²) in [6.07, 6.45) is -1.63. The van der Waals surface area contributed by atoms with E-state index in [1.807, 2.05) is 6.92 Å². The van der Waals surface area contributed by atoms with Crippen LogP contribution in [-0.4, -0.2) is 9.78 Å². The normalized spacial score (nSPS) is 13.4. The fourth-order valence-corrected chi connectivity index (χ4v) is 2.10. The van der Waals surface area contributed by atoms with E-state index in [0.29, 0.717) is 18.2 Å². The molecule has 0 spiro atoms. The molecule has 4 nitrogen and oxygen atoms in total. The van der Waals surface area contributed by atoms with Crippen LogP contribution in [0, 0.1) is 5.82 Å². The van der Waals surface area contributed by atoms with Crippen molar-refractivity contribution in [2.75, 3.05) is 0 Å². The molecule has 1 atom stereocenters. The Labute approximate surface area is 118 Å². The number of aryl methyl sites for hydroxylation is 1. The zero-order chi connectivity index (χ0) is 15.6. The van der Waals surface area contributed by atoms with Crippen molar-refractivity contribution < 1.29 is 17.6 Å². The van der Waals surface area contributed by atoms with E-state index in [-0.39, 0.29) is 5.56 Å². The van der Waals surface area contributed by atoms with Gasteiger partial charge in [-0.1, -0.05) is 0 Å². The Balaban J connectivity index is 2.53. The highest BCUT2D eigenvalue weighted by atomic mass is 19.4. The molecule has 0 aliphatic rings. The van der Waals surface area contributed by atoms with Crippen LogP contribution < -0.4 is 11.3 Å². The van der Waals surface area contributed by atoms with Crippen molar-refractivity contribution >= 4 is 0 Å². The van der Waals surface area contributed by atoms with E-state index in [1.165, 1.54) is 6.20 Å². The molecule has 21 heavy (non-hydrogen) atoms. The number of halogens is 4. The van der Waals surface area contributed by atoms with Crippen molar-refractivity contribution in [1.82, 2.24) is 15.2 Å². The number of benzene rings is 1. The van der Waals surface area contributed by atoms with Gasteiger partial charge in [0.05, 0.1) is 17.8 Å². The van der Waals surface area contributed by atoms with Gasteiger partial charge in [0.25, 0.3) is 0 Å². The predicted octanol–water partition coefficient (Wildman–Crippen LogP) is 2.61. The molecule has 0 aliphatic carbocycles. The SMILES string of the molecule is CCn1cc(C(NN)c2cc(F)ccc2C(F)(F)F)cn1. The molecule has 0 saturated heterocycles. The summed E-state index contributed by atoms with van der Waals surface area (Å²) in [7, 11) is 0. The van der Waals surface area contributed by atoms with Crippen molar-refractivity contribution in [1.29, 1.82) is 0 Å². The maximum absolute atomic E-state index is 13.4. The third-order valence-corrected chi connectivity index (χ3v) is 3.11. The van der Waals surface area contributed by atoms with Gasteiger partial charge in [0.1, 0.15) is 5.82 Å². The number of nitrogens with one attached hydrogen (secondary N) is 1. The van der Waals surface area contributed by atoms with E-state index < -0.39 is 23.6 Å². The van der Waals surface area contributed by atoms with Crippen LogP contribution in [-0.2, 0) is 12.7 Å². The Bertz CT molecular complexity index is 621. The van der Waals surface area contributed by atoms with Gasteiger partial charge < -0.3 is 0 Å². The zero-order valence-electron chi connectivity index (χ0n) is 11.2. The van der Waals surface area contributed by atoms with Gasteiger partial charge in [-0.05, 0) is 30.7 Å². The second-order valence-electron chi connectivity index (χ2n) is 4.46. The number of hydrazine groups is 1. The average Bonchev–Trinajstić information content (AvgIpc) is 2.87. The van der Waals surface area contributed by atoms with Gasteiger partial charge in [0.2, 0.25) is 0 Å². The summed E-state index contributed by atoms with van der Waals surface area (Å²) in [5, 5.41) is 3.99. The minimum absolute atomic E-state index is 0.277. The Morgan fingerprint density at radius 2 is 2.10 bits per heavy atom. The fourth-order valence-electron chi connectivity index (χ4n) is 2.10. The van der Waals surface area contributed by atoms with Gasteiger partial charge in [-0.2, -0.15) is 18.3 Å². The summed E-state index contributed by atoms with van der Waals surface area (Å²) in [4.78, 5) is 0. The highest BCUT2D eigenvalue weighted by Crippen LogP contribution is 2.36. The van der Waals surface area contributed by atoms with Crippen molar-refractivity contribution in [2.45, 2.75) is 25.7 Å². The van der Waals surface area contributed by atoms with E-state index in [4.69, 9.17) is 5.84 Å². The molecule has 0 saturated carbocycles. The summed E-state index contributed by atoms with van der Waals surface area (Å²) in [6.45, 7) is 2.40. The molecule has 3 N–H and O–H groups in total. The van der Waals surface area contributed by atoms with Gasteiger partial charge in [-0.25, -0.2) is 9.82 Å². The van der Waals surface area contributed by atoms with Gasteiger partial charge in [0, 0.05) is 18.3 Å². The first-order valence-electron chi connectivity index (χ1n) is 6.22. The van der Waals surface area contributed by atoms with Crippen LogP contribution in [0.2, 0.25) is 0 Å². The first kappa shape index (κ1) is 15.5. The lowest BCUT2D eigenvalue weighted by molar-refractivity contribution is -0.138. The van der Waals surface area contributed by atoms with Crippen LogP contribution in [0.4, 0.5) is 17.6 Å². The lowest BCUT2D eigenvalue weighted by Crippen LogP contribution is -2.30. The minimum Gasteiger partial charge on any atom is -0.273 e. The maximum Gasteiger partial charge on any atom is 0.416 e. The molecule has 8 heteroatoms. The van der Waals surface area contributed by atoms with E-state index >= 15 is 0 Å². The van der Waals surface area contributed by atoms with E-state index in [2.05, 4.69) is 10.5 Å². The molecule has 0 fully saturated rings. The Hall–Kier alpha value is -1.93. The van der Waals surface area contributed by atoms with Crippen LogP contribution in [0.25, 0.3) is 0 Å². The summed E-state index contributed by atoms with van der Waals surface area (Å²) in [5.74, 6) is 4.61. The van der Waals surface area contributed by atoms with Crippen LogP contribution in [0.3, 0.4) is 0 Å². The molecule has 1 aromatic carbocycles. The Kier molecular flexibility index (Phi) is 4.29. The predicted molar refractivity (Wildman–Crippen MR) is 68.5 cm³/mol. The summed E-state index contributed by atoms with van der Waals surface area (Å²) < 4.78 is 54.1. The Morgan fingerprint density at radius 1 is 1.38 bits per heavy atom.